The SMILES string of the molecule is Cc1cc(C(=O)O)cc(C)c1OCCSc1ccccc1. The number of ether oxygens (including phenoxy) is 1. The predicted molar refractivity (Wildman–Crippen MR) is 85.5 cm³/mol. The van der Waals surface area contributed by atoms with Crippen LogP contribution < -0.4 is 4.74 Å². The highest BCUT2D eigenvalue weighted by molar-refractivity contribution is 7.99. The molecule has 0 aliphatic heterocycles. The largest absolute Gasteiger partial charge is 0.492 e. The average molecular weight is 302 g/mol. The number of carbonyl (C=O) groups is 1. The first-order valence-corrected chi connectivity index (χ1v) is 7.71. The molecule has 3 nitrogen and oxygen atoms in total. The minimum absolute atomic E-state index is 0.302. The molecule has 2 aromatic carbocycles. The lowest BCUT2D eigenvalue weighted by Gasteiger charge is -2.13. The van der Waals surface area contributed by atoms with E-state index in [4.69, 9.17) is 9.84 Å². The molecule has 2 rings (SSSR count). The van der Waals surface area contributed by atoms with E-state index >= 15 is 0 Å². The van der Waals surface area contributed by atoms with Gasteiger partial charge in [-0.1, -0.05) is 18.2 Å². The molecular formula is C17H18O3S. The number of carboxylic acid groups (broad SMARTS) is 1. The molecule has 0 heterocycles. The number of hydrogen-bond acceptors (Lipinski definition) is 3. The van der Waals surface area contributed by atoms with E-state index in [1.807, 2.05) is 32.0 Å². The van der Waals surface area contributed by atoms with Crippen molar-refractivity contribution >= 4 is 17.7 Å². The van der Waals surface area contributed by atoms with Gasteiger partial charge in [-0.05, 0) is 49.2 Å². The normalized spacial score (nSPS) is 10.4. The summed E-state index contributed by atoms with van der Waals surface area (Å²) in [5.74, 6) is 0.727. The molecule has 1 N–H and O–H groups in total. The maximum absolute atomic E-state index is 11.0. The molecule has 0 amide bonds. The zero-order valence-corrected chi connectivity index (χ0v) is 12.9. The minimum atomic E-state index is -0.910. The van der Waals surface area contributed by atoms with Crippen LogP contribution in [0.5, 0.6) is 5.75 Å². The smallest absolute Gasteiger partial charge is 0.335 e. The molecule has 21 heavy (non-hydrogen) atoms. The highest BCUT2D eigenvalue weighted by Gasteiger charge is 2.10. The Labute approximate surface area is 129 Å². The minimum Gasteiger partial charge on any atom is -0.492 e. The highest BCUT2D eigenvalue weighted by atomic mass is 32.2. The topological polar surface area (TPSA) is 46.5 Å². The fourth-order valence-corrected chi connectivity index (χ4v) is 2.87. The van der Waals surface area contributed by atoms with Gasteiger partial charge in [-0.3, -0.25) is 0 Å². The Morgan fingerprint density at radius 3 is 2.33 bits per heavy atom. The van der Waals surface area contributed by atoms with Gasteiger partial charge in [0.05, 0.1) is 12.2 Å². The van der Waals surface area contributed by atoms with Gasteiger partial charge in [-0.2, -0.15) is 0 Å². The molecule has 0 unspecified atom stereocenters. The van der Waals surface area contributed by atoms with Crippen molar-refractivity contribution in [2.75, 3.05) is 12.4 Å². The van der Waals surface area contributed by atoms with Crippen LogP contribution in [-0.4, -0.2) is 23.4 Å². The summed E-state index contributed by atoms with van der Waals surface area (Å²) < 4.78 is 5.81. The van der Waals surface area contributed by atoms with Crippen LogP contribution in [0.25, 0.3) is 0 Å². The van der Waals surface area contributed by atoms with Crippen molar-refractivity contribution in [1.29, 1.82) is 0 Å². The van der Waals surface area contributed by atoms with Gasteiger partial charge < -0.3 is 9.84 Å². The van der Waals surface area contributed by atoms with E-state index < -0.39 is 5.97 Å². The van der Waals surface area contributed by atoms with Gasteiger partial charge in [0.15, 0.2) is 0 Å². The summed E-state index contributed by atoms with van der Waals surface area (Å²) in [7, 11) is 0. The van der Waals surface area contributed by atoms with Crippen molar-refractivity contribution in [2.45, 2.75) is 18.7 Å². The van der Waals surface area contributed by atoms with Gasteiger partial charge in [-0.15, -0.1) is 11.8 Å². The number of thioether (sulfide) groups is 1. The van der Waals surface area contributed by atoms with E-state index in [0.29, 0.717) is 12.2 Å². The first-order valence-electron chi connectivity index (χ1n) is 6.73. The number of carboxylic acids is 1. The van der Waals surface area contributed by atoms with E-state index in [1.165, 1.54) is 4.90 Å². The van der Waals surface area contributed by atoms with Crippen molar-refractivity contribution < 1.29 is 14.6 Å². The van der Waals surface area contributed by atoms with E-state index in [-0.39, 0.29) is 0 Å². The van der Waals surface area contributed by atoms with Gasteiger partial charge >= 0.3 is 5.97 Å². The Bertz CT molecular complexity index is 600. The molecule has 0 aliphatic rings. The van der Waals surface area contributed by atoms with Gasteiger partial charge in [0, 0.05) is 10.6 Å². The average Bonchev–Trinajstić information content (AvgIpc) is 2.46. The lowest BCUT2D eigenvalue weighted by Crippen LogP contribution is -2.05. The number of rotatable bonds is 6. The summed E-state index contributed by atoms with van der Waals surface area (Å²) >= 11 is 1.74. The van der Waals surface area contributed by atoms with E-state index in [9.17, 15) is 4.79 Å². The van der Waals surface area contributed by atoms with Crippen LogP contribution >= 0.6 is 11.8 Å². The number of benzene rings is 2. The van der Waals surface area contributed by atoms with Crippen molar-refractivity contribution in [2.24, 2.45) is 0 Å². The molecule has 4 heteroatoms. The maximum Gasteiger partial charge on any atom is 0.335 e. The van der Waals surface area contributed by atoms with Crippen LogP contribution in [0.2, 0.25) is 0 Å². The van der Waals surface area contributed by atoms with Gasteiger partial charge in [0.25, 0.3) is 0 Å². The Morgan fingerprint density at radius 1 is 1.14 bits per heavy atom. The molecule has 110 valence electrons. The summed E-state index contributed by atoms with van der Waals surface area (Å²) in [4.78, 5) is 12.2. The molecule has 0 spiro atoms. The first kappa shape index (κ1) is 15.4. The first-order chi connectivity index (χ1) is 10.1. The lowest BCUT2D eigenvalue weighted by molar-refractivity contribution is 0.0696. The summed E-state index contributed by atoms with van der Waals surface area (Å²) in [6.07, 6.45) is 0. The fourth-order valence-electron chi connectivity index (χ4n) is 2.12. The molecule has 0 aromatic heterocycles. The fraction of sp³-hybridized carbons (Fsp3) is 0.235. The summed E-state index contributed by atoms with van der Waals surface area (Å²) in [5, 5.41) is 9.02. The lowest BCUT2D eigenvalue weighted by atomic mass is 10.1. The summed E-state index contributed by atoms with van der Waals surface area (Å²) in [6.45, 7) is 4.34. The third-order valence-corrected chi connectivity index (χ3v) is 4.03. The quantitative estimate of drug-likeness (QED) is 0.642. The summed E-state index contributed by atoms with van der Waals surface area (Å²) in [5.41, 5.74) is 2.02. The molecule has 0 bridgehead atoms. The monoisotopic (exact) mass is 302 g/mol. The molecule has 0 radical (unpaired) electrons. The molecule has 0 aliphatic carbocycles. The van der Waals surface area contributed by atoms with Crippen LogP contribution in [0, 0.1) is 13.8 Å². The number of aryl methyl sites for hydroxylation is 2. The predicted octanol–water partition coefficient (Wildman–Crippen LogP) is 4.17. The standard InChI is InChI=1S/C17H18O3S/c1-12-10-14(17(18)19)11-13(2)16(12)20-8-9-21-15-6-4-3-5-7-15/h3-7,10-11H,8-9H2,1-2H3,(H,18,19). The zero-order valence-electron chi connectivity index (χ0n) is 12.1. The van der Waals surface area contributed by atoms with Crippen LogP contribution in [0.15, 0.2) is 47.4 Å². The maximum atomic E-state index is 11.0. The molecule has 0 saturated heterocycles. The second-order valence-electron chi connectivity index (χ2n) is 4.75. The Balaban J connectivity index is 1.93. The van der Waals surface area contributed by atoms with Crippen LogP contribution in [0.3, 0.4) is 0 Å². The third kappa shape index (κ3) is 4.26. The molecule has 0 saturated carbocycles. The van der Waals surface area contributed by atoms with Crippen molar-refractivity contribution in [3.8, 4) is 5.75 Å². The van der Waals surface area contributed by atoms with Crippen molar-refractivity contribution in [3.63, 3.8) is 0 Å². The van der Waals surface area contributed by atoms with Crippen molar-refractivity contribution in [3.05, 3.63) is 59.2 Å². The van der Waals surface area contributed by atoms with Crippen LogP contribution in [0.4, 0.5) is 0 Å². The van der Waals surface area contributed by atoms with Crippen molar-refractivity contribution in [1.82, 2.24) is 0 Å². The Kier molecular flexibility index (Phi) is 5.28. The number of aromatic carboxylic acids is 1. The second-order valence-corrected chi connectivity index (χ2v) is 5.92. The Morgan fingerprint density at radius 2 is 1.76 bits per heavy atom. The zero-order chi connectivity index (χ0) is 15.2. The van der Waals surface area contributed by atoms with E-state index in [1.54, 1.807) is 23.9 Å². The van der Waals surface area contributed by atoms with Gasteiger partial charge in [0.1, 0.15) is 5.75 Å². The molecule has 2 aromatic rings. The van der Waals surface area contributed by atoms with E-state index in [0.717, 1.165) is 22.6 Å². The number of hydrogen-bond donors (Lipinski definition) is 1. The second kappa shape index (κ2) is 7.18. The summed E-state index contributed by atoms with van der Waals surface area (Å²) in [6, 6.07) is 13.5. The van der Waals surface area contributed by atoms with Gasteiger partial charge in [0.2, 0.25) is 0 Å². The van der Waals surface area contributed by atoms with Crippen LogP contribution in [-0.2, 0) is 0 Å². The van der Waals surface area contributed by atoms with Gasteiger partial charge in [-0.25, -0.2) is 4.79 Å². The highest BCUT2D eigenvalue weighted by Crippen LogP contribution is 2.25. The van der Waals surface area contributed by atoms with Crippen LogP contribution in [0.1, 0.15) is 21.5 Å². The molecular weight excluding hydrogens is 284 g/mol. The molecule has 0 fully saturated rings. The molecule has 0 atom stereocenters. The van der Waals surface area contributed by atoms with E-state index in [2.05, 4.69) is 12.1 Å². The Hall–Kier alpha value is -1.94. The third-order valence-electron chi connectivity index (χ3n) is 3.05.